The summed E-state index contributed by atoms with van der Waals surface area (Å²) in [6, 6.07) is 1.91. The van der Waals surface area contributed by atoms with Crippen molar-refractivity contribution in [1.82, 2.24) is 19.4 Å². The molecule has 9 nitrogen and oxygen atoms in total. The summed E-state index contributed by atoms with van der Waals surface area (Å²) >= 11 is 19.3. The highest BCUT2D eigenvalue weighted by Gasteiger charge is 2.41. The summed E-state index contributed by atoms with van der Waals surface area (Å²) in [6.07, 6.45) is 2.66. The van der Waals surface area contributed by atoms with Gasteiger partial charge in [-0.2, -0.15) is 0 Å². The van der Waals surface area contributed by atoms with Gasteiger partial charge in [0.2, 0.25) is 11.7 Å². The van der Waals surface area contributed by atoms with Gasteiger partial charge >= 0.3 is 0 Å². The summed E-state index contributed by atoms with van der Waals surface area (Å²) in [5, 5.41) is -0.478. The van der Waals surface area contributed by atoms with Gasteiger partial charge in [0.15, 0.2) is 11.6 Å². The first-order valence-corrected chi connectivity index (χ1v) is 16.5. The highest BCUT2D eigenvalue weighted by molar-refractivity contribution is 6.38. The Morgan fingerprint density at radius 1 is 1.00 bits per heavy atom. The molecule has 2 aromatic heterocycles. The summed E-state index contributed by atoms with van der Waals surface area (Å²) in [5.74, 6) is -2.75. The van der Waals surface area contributed by atoms with Crippen molar-refractivity contribution >= 4 is 63.0 Å². The van der Waals surface area contributed by atoms with E-state index in [-0.39, 0.29) is 86.1 Å². The van der Waals surface area contributed by atoms with Crippen LogP contribution in [0.25, 0.3) is 27.7 Å². The Morgan fingerprint density at radius 2 is 1.65 bits per heavy atom. The van der Waals surface area contributed by atoms with Gasteiger partial charge in [0.05, 0.1) is 55.1 Å². The molecule has 0 spiro atoms. The summed E-state index contributed by atoms with van der Waals surface area (Å²) in [7, 11) is 0. The van der Waals surface area contributed by atoms with E-state index in [9.17, 15) is 9.59 Å². The first-order chi connectivity index (χ1) is 22.7. The van der Waals surface area contributed by atoms with Gasteiger partial charge in [-0.25, -0.2) is 18.7 Å². The Bertz CT molecular complexity index is 2030. The average molecular weight is 718 g/mol. The van der Waals surface area contributed by atoms with Crippen molar-refractivity contribution in [2.45, 2.75) is 58.5 Å². The number of nitrogen functional groups attached to an aromatic ring is 1. The molecule has 2 unspecified atom stereocenters. The molecule has 2 aromatic carbocycles. The number of aromatic nitrogens is 3. The van der Waals surface area contributed by atoms with Gasteiger partial charge in [0.25, 0.3) is 5.56 Å². The standard InChI is InChI=1S/C34H33Cl3F2N6O3/c1-7-22(46)43-11-17-12-48-33-31(44(17)10-16(43)6)18-8-19(35)23(24-25(38)20(36)9-21(37)27(24)40)26(39)30(18)45(34(33)47)32-28(14(2)3)41-13-42-29(32)15(4)5/h7-9,13-17H,1,10-12,40H2,2-6H3. The molecule has 2 N–H and O–H groups in total. The number of nitrogens with two attached hydrogens (primary N) is 1. The molecule has 2 atom stereocenters. The van der Waals surface area contributed by atoms with E-state index in [1.807, 2.05) is 39.5 Å². The molecule has 0 bridgehead atoms. The van der Waals surface area contributed by atoms with Crippen LogP contribution in [0.3, 0.4) is 0 Å². The largest absolute Gasteiger partial charge is 0.484 e. The molecule has 14 heteroatoms. The van der Waals surface area contributed by atoms with Crippen LogP contribution in [0, 0.1) is 11.6 Å². The smallest absolute Gasteiger partial charge is 0.300 e. The molecule has 0 aliphatic carbocycles. The number of rotatable bonds is 5. The van der Waals surface area contributed by atoms with Gasteiger partial charge in [0.1, 0.15) is 12.9 Å². The Morgan fingerprint density at radius 3 is 2.25 bits per heavy atom. The van der Waals surface area contributed by atoms with Crippen molar-refractivity contribution in [2.75, 3.05) is 30.3 Å². The van der Waals surface area contributed by atoms with Crippen LogP contribution in [-0.2, 0) is 4.79 Å². The number of pyridine rings is 1. The molecule has 2 aliphatic rings. The lowest BCUT2D eigenvalue weighted by atomic mass is 9.96. The maximum Gasteiger partial charge on any atom is 0.300 e. The van der Waals surface area contributed by atoms with Crippen LogP contribution in [0.4, 0.5) is 20.2 Å². The molecule has 2 aliphatic heterocycles. The minimum Gasteiger partial charge on any atom is -0.484 e. The normalized spacial score (nSPS) is 17.5. The number of nitrogens with zero attached hydrogens (tertiary/aromatic N) is 5. The number of carbonyl (C=O) groups is 1. The highest BCUT2D eigenvalue weighted by atomic mass is 35.5. The van der Waals surface area contributed by atoms with Gasteiger partial charge < -0.3 is 20.3 Å². The monoisotopic (exact) mass is 716 g/mol. The fourth-order valence-electron chi connectivity index (χ4n) is 6.69. The van der Waals surface area contributed by atoms with Crippen molar-refractivity contribution in [3.8, 4) is 22.6 Å². The highest BCUT2D eigenvalue weighted by Crippen LogP contribution is 2.48. The van der Waals surface area contributed by atoms with Crippen LogP contribution in [0.1, 0.15) is 57.8 Å². The number of fused-ring (bicyclic) bond motifs is 5. The quantitative estimate of drug-likeness (QED) is 0.130. The predicted octanol–water partition coefficient (Wildman–Crippen LogP) is 7.50. The number of piperazine rings is 1. The van der Waals surface area contributed by atoms with Crippen LogP contribution < -0.4 is 20.9 Å². The number of hydrogen-bond acceptors (Lipinski definition) is 7. The minimum absolute atomic E-state index is 0.0255. The van der Waals surface area contributed by atoms with Crippen molar-refractivity contribution in [1.29, 1.82) is 0 Å². The molecule has 6 rings (SSSR count). The molecule has 0 radical (unpaired) electrons. The van der Waals surface area contributed by atoms with Crippen molar-refractivity contribution in [2.24, 2.45) is 0 Å². The predicted molar refractivity (Wildman–Crippen MR) is 186 cm³/mol. The van der Waals surface area contributed by atoms with Crippen LogP contribution in [0.5, 0.6) is 5.75 Å². The number of ether oxygens (including phenoxy) is 1. The molecular weight excluding hydrogens is 685 g/mol. The van der Waals surface area contributed by atoms with Crippen molar-refractivity contribution < 1.29 is 18.3 Å². The molecule has 4 heterocycles. The third kappa shape index (κ3) is 5.18. The summed E-state index contributed by atoms with van der Waals surface area (Å²) < 4.78 is 40.7. The number of hydrogen-bond donors (Lipinski definition) is 1. The number of amides is 1. The fourth-order valence-corrected chi connectivity index (χ4v) is 7.43. The first kappa shape index (κ1) is 34.0. The third-order valence-corrected chi connectivity index (χ3v) is 9.83. The van der Waals surface area contributed by atoms with Crippen LogP contribution >= 0.6 is 34.8 Å². The van der Waals surface area contributed by atoms with Crippen LogP contribution in [-0.4, -0.2) is 57.1 Å². The van der Waals surface area contributed by atoms with Gasteiger partial charge in [0, 0.05) is 35.6 Å². The maximum atomic E-state index is 17.6. The second-order valence-electron chi connectivity index (χ2n) is 12.7. The van der Waals surface area contributed by atoms with Gasteiger partial charge in [-0.15, -0.1) is 0 Å². The number of halogens is 5. The molecule has 48 heavy (non-hydrogen) atoms. The lowest BCUT2D eigenvalue weighted by Gasteiger charge is -2.48. The van der Waals surface area contributed by atoms with E-state index in [1.54, 1.807) is 4.90 Å². The van der Waals surface area contributed by atoms with Crippen molar-refractivity contribution in [3.05, 3.63) is 79.6 Å². The lowest BCUT2D eigenvalue weighted by molar-refractivity contribution is -0.129. The zero-order valence-corrected chi connectivity index (χ0v) is 29.1. The van der Waals surface area contributed by atoms with E-state index in [1.165, 1.54) is 23.0 Å². The Balaban J connectivity index is 1.79. The fraction of sp³-hybridized carbons (Fsp3) is 0.353. The maximum absolute atomic E-state index is 17.6. The zero-order valence-electron chi connectivity index (χ0n) is 26.9. The van der Waals surface area contributed by atoms with E-state index >= 15 is 8.78 Å². The Labute approximate surface area is 290 Å². The number of anilines is 2. The summed E-state index contributed by atoms with van der Waals surface area (Å²) in [5.41, 5.74) is 5.76. The van der Waals surface area contributed by atoms with Crippen LogP contribution in [0.2, 0.25) is 15.1 Å². The SMILES string of the molecule is C=CC(=O)N1CC2COc3c(c4cc(Cl)c(-c5c(N)c(Cl)cc(Cl)c5F)c(F)c4n(-c4c(C(C)C)ncnc4C(C)C)c3=O)N2CC1C. The molecule has 4 aromatic rings. The molecular formula is C34H33Cl3F2N6O3. The Kier molecular flexibility index (Phi) is 8.85. The van der Waals surface area contributed by atoms with Gasteiger partial charge in [-0.3, -0.25) is 14.2 Å². The molecule has 252 valence electrons. The second-order valence-corrected chi connectivity index (χ2v) is 13.9. The van der Waals surface area contributed by atoms with E-state index in [2.05, 4.69) is 16.5 Å². The van der Waals surface area contributed by atoms with Gasteiger partial charge in [-0.05, 0) is 37.0 Å². The van der Waals surface area contributed by atoms with E-state index in [0.717, 1.165) is 6.07 Å². The lowest BCUT2D eigenvalue weighted by Crippen LogP contribution is -2.62. The van der Waals surface area contributed by atoms with Crippen LogP contribution in [0.15, 0.2) is 35.9 Å². The van der Waals surface area contributed by atoms with Gasteiger partial charge in [-0.1, -0.05) is 69.1 Å². The molecule has 0 saturated carbocycles. The van der Waals surface area contributed by atoms with Crippen molar-refractivity contribution in [3.63, 3.8) is 0 Å². The summed E-state index contributed by atoms with van der Waals surface area (Å²) in [6.45, 7) is 13.7. The third-order valence-electron chi connectivity index (χ3n) is 8.95. The minimum atomic E-state index is -1.04. The second kappa shape index (κ2) is 12.5. The topological polar surface area (TPSA) is 107 Å². The summed E-state index contributed by atoms with van der Waals surface area (Å²) in [4.78, 5) is 40.1. The zero-order chi connectivity index (χ0) is 34.9. The van der Waals surface area contributed by atoms with E-state index < -0.39 is 28.3 Å². The van der Waals surface area contributed by atoms with E-state index in [0.29, 0.717) is 23.6 Å². The number of benzene rings is 2. The first-order valence-electron chi connectivity index (χ1n) is 15.4. The average Bonchev–Trinajstić information content (AvgIpc) is 3.04. The van der Waals surface area contributed by atoms with E-state index in [4.69, 9.17) is 45.3 Å². The molecule has 1 fully saturated rings. The Hall–Kier alpha value is -3.93. The molecule has 1 saturated heterocycles. The number of carbonyl (C=O) groups excluding carboxylic acids is 1. The molecule has 1 amide bonds.